The molecule has 4 rings (SSSR count). The summed E-state index contributed by atoms with van der Waals surface area (Å²) >= 11 is 0.853. The van der Waals surface area contributed by atoms with Crippen molar-refractivity contribution in [2.75, 3.05) is 0 Å². The average molecular weight is 327 g/mol. The van der Waals surface area contributed by atoms with Crippen LogP contribution in [0.25, 0.3) is 16.7 Å². The summed E-state index contributed by atoms with van der Waals surface area (Å²) in [5, 5.41) is 23.2. The molecule has 0 aliphatic heterocycles. The zero-order chi connectivity index (χ0) is 14.6. The molecule has 0 amide bonds. The fraction of sp³-hybridized carbons (Fsp3) is 0.0769. The first-order valence-electron chi connectivity index (χ1n) is 6.17. The second-order valence-electron chi connectivity index (χ2n) is 4.73. The van der Waals surface area contributed by atoms with Gasteiger partial charge >= 0.3 is 29.6 Å². The van der Waals surface area contributed by atoms with E-state index < -0.39 is 0 Å². The van der Waals surface area contributed by atoms with Crippen LogP contribution in [-0.4, -0.2) is 19.2 Å². The van der Waals surface area contributed by atoms with E-state index in [1.54, 1.807) is 6.07 Å². The molecule has 2 aromatic carbocycles. The minimum absolute atomic E-state index is 0. The minimum Gasteiger partial charge on any atom is -0.691 e. The molecular formula is C13H10N3NaO4S. The van der Waals surface area contributed by atoms with Gasteiger partial charge in [0.2, 0.25) is 0 Å². The number of fused-ring (bicyclic) bond motifs is 4. The van der Waals surface area contributed by atoms with Gasteiger partial charge in [0.05, 0.1) is 12.0 Å². The first-order chi connectivity index (χ1) is 10.2. The van der Waals surface area contributed by atoms with E-state index >= 15 is 0 Å². The number of aromatic nitrogens is 3. The van der Waals surface area contributed by atoms with E-state index in [1.807, 2.05) is 51.3 Å². The third-order valence-corrected chi connectivity index (χ3v) is 3.96. The summed E-state index contributed by atoms with van der Waals surface area (Å²) in [4.78, 5) is 2.62. The molecule has 0 unspecified atom stereocenters. The van der Waals surface area contributed by atoms with Gasteiger partial charge < -0.3 is 10.4 Å². The van der Waals surface area contributed by atoms with Crippen LogP contribution in [0.15, 0.2) is 41.3 Å². The first kappa shape index (κ1) is 15.8. The van der Waals surface area contributed by atoms with Crippen molar-refractivity contribution in [3.63, 3.8) is 0 Å². The van der Waals surface area contributed by atoms with E-state index in [0.29, 0.717) is 0 Å². The summed E-state index contributed by atoms with van der Waals surface area (Å²) in [5.41, 5.74) is 3.77. The number of aryl methyl sites for hydroxylation is 1. The largest absolute Gasteiger partial charge is 1.00 e. The number of rotatable bonds is 4. The first-order valence-corrected chi connectivity index (χ1v) is 6.92. The minimum atomic E-state index is 0. The Balaban J connectivity index is 0.00000144. The summed E-state index contributed by atoms with van der Waals surface area (Å²) in [7, 11) is 0. The molecule has 108 valence electrons. The number of nitrogens with zero attached hydrogens (tertiary/aromatic N) is 3. The molecule has 0 saturated carbocycles. The quantitative estimate of drug-likeness (QED) is 0.218. The molecule has 0 fully saturated rings. The third kappa shape index (κ3) is 2.33. The van der Waals surface area contributed by atoms with Crippen LogP contribution in [0.2, 0.25) is 0 Å². The molecule has 0 saturated heterocycles. The fourth-order valence-electron chi connectivity index (χ4n) is 2.43. The van der Waals surface area contributed by atoms with Gasteiger partial charge in [-0.05, 0) is 42.8 Å². The zero-order valence-electron chi connectivity index (χ0n) is 11.9. The van der Waals surface area contributed by atoms with Gasteiger partial charge in [0, 0.05) is 4.90 Å². The van der Waals surface area contributed by atoms with Crippen LogP contribution < -0.4 is 34.8 Å². The fourth-order valence-corrected chi connectivity index (χ4v) is 2.82. The Labute approximate surface area is 151 Å². The molecule has 0 spiro atoms. The number of benzene rings is 2. The number of phenols is 1. The van der Waals surface area contributed by atoms with Gasteiger partial charge in [0.25, 0.3) is 0 Å². The average Bonchev–Trinajstić information content (AvgIpc) is 3.14. The second-order valence-corrected chi connectivity index (χ2v) is 5.50. The van der Waals surface area contributed by atoms with Crippen molar-refractivity contribution < 1.29 is 49.3 Å². The molecule has 0 bridgehead atoms. The van der Waals surface area contributed by atoms with E-state index in [1.165, 1.54) is 0 Å². The van der Waals surface area contributed by atoms with Crippen LogP contribution in [0, 0.1) is 6.92 Å². The van der Waals surface area contributed by atoms with Crippen LogP contribution >= 0.6 is 12.0 Å². The van der Waals surface area contributed by atoms with Crippen molar-refractivity contribution in [2.24, 2.45) is 0 Å². The van der Waals surface area contributed by atoms with Crippen molar-refractivity contribution in [3.8, 4) is 11.4 Å². The monoisotopic (exact) mass is 327 g/mol. The van der Waals surface area contributed by atoms with Crippen LogP contribution in [0.4, 0.5) is 0 Å². The van der Waals surface area contributed by atoms with Gasteiger partial charge in [-0.1, -0.05) is 6.07 Å². The Hall–Kier alpha value is -1.13. The van der Waals surface area contributed by atoms with Crippen molar-refractivity contribution in [1.82, 2.24) is 14.1 Å². The zero-order valence-corrected chi connectivity index (χ0v) is 14.7. The molecule has 0 aliphatic carbocycles. The molecule has 4 aromatic rings. The summed E-state index contributed by atoms with van der Waals surface area (Å²) in [6.45, 7) is 1.97. The summed E-state index contributed by atoms with van der Waals surface area (Å²) in [6, 6.07) is 11.1. The molecule has 0 atom stereocenters. The maximum absolute atomic E-state index is 9.99. The Bertz CT molecular complexity index is 929. The van der Waals surface area contributed by atoms with E-state index in [0.717, 1.165) is 39.2 Å². The smallest absolute Gasteiger partial charge is 0.691 e. The molecule has 9 heteroatoms. The van der Waals surface area contributed by atoms with Crippen molar-refractivity contribution in [1.29, 1.82) is 0 Å². The molecule has 0 radical (unpaired) electrons. The van der Waals surface area contributed by atoms with E-state index in [-0.39, 0.29) is 35.3 Å². The maximum Gasteiger partial charge on any atom is 1.00 e. The Morgan fingerprint density at radius 1 is 1.09 bits per heavy atom. The van der Waals surface area contributed by atoms with Gasteiger partial charge in [0.1, 0.15) is 22.5 Å². The Morgan fingerprint density at radius 2 is 1.86 bits per heavy atom. The molecule has 1 N–H and O–H groups in total. The van der Waals surface area contributed by atoms with Crippen molar-refractivity contribution in [3.05, 3.63) is 42.0 Å². The normalized spacial score (nSPS) is 11.5. The summed E-state index contributed by atoms with van der Waals surface area (Å²) in [5.74, 6) is 0.221. The van der Waals surface area contributed by atoms with E-state index in [4.69, 9.17) is 0 Å². The standard InChI is InChI=1S/C13H11N3O4S.Na/c1-8-2-5-13(17)12(6-8)16-14-10-4-3-9(21-20-19-18)7-11(10)15(14)16;/h2-7,17-18H,1H3;/q;+1/p-1. The molecule has 2 heterocycles. The summed E-state index contributed by atoms with van der Waals surface area (Å²) in [6.07, 6.45) is 0. The van der Waals surface area contributed by atoms with Gasteiger partial charge in [0.15, 0.2) is 0 Å². The SMILES string of the molecule is Cc1ccc(O)c(-n2n3c4ccc(SOO[O-])cc4n23)c1.[Na+]. The predicted molar refractivity (Wildman–Crippen MR) is 73.3 cm³/mol. The molecule has 7 nitrogen and oxygen atoms in total. The number of aromatic hydroxyl groups is 1. The molecule has 22 heavy (non-hydrogen) atoms. The Kier molecular flexibility index (Phi) is 4.17. The van der Waals surface area contributed by atoms with Crippen LogP contribution in [0.5, 0.6) is 5.75 Å². The second kappa shape index (κ2) is 5.82. The predicted octanol–water partition coefficient (Wildman–Crippen LogP) is -1.33. The summed E-state index contributed by atoms with van der Waals surface area (Å²) < 4.78 is 8.15. The molecule has 2 aromatic heterocycles. The third-order valence-electron chi connectivity index (χ3n) is 3.39. The van der Waals surface area contributed by atoms with Crippen LogP contribution in [0.1, 0.15) is 5.56 Å². The molecule has 0 aliphatic rings. The van der Waals surface area contributed by atoms with E-state index in [9.17, 15) is 10.4 Å². The number of hydrogen-bond donors (Lipinski definition) is 1. The van der Waals surface area contributed by atoms with Crippen molar-refractivity contribution >= 4 is 23.1 Å². The number of phenolic OH excluding ortho intramolecular Hbond substituents is 1. The van der Waals surface area contributed by atoms with Gasteiger partial charge in [-0.2, -0.15) is 4.33 Å². The van der Waals surface area contributed by atoms with Crippen LogP contribution in [0.3, 0.4) is 0 Å². The Morgan fingerprint density at radius 3 is 2.64 bits per heavy atom. The number of hydrogen-bond acceptors (Lipinski definition) is 5. The van der Waals surface area contributed by atoms with Gasteiger partial charge in [-0.25, -0.2) is 0 Å². The molecular weight excluding hydrogens is 317 g/mol. The van der Waals surface area contributed by atoms with Crippen molar-refractivity contribution in [2.45, 2.75) is 11.8 Å². The maximum atomic E-state index is 9.99. The van der Waals surface area contributed by atoms with Gasteiger partial charge in [-0.3, -0.25) is 5.04 Å². The van der Waals surface area contributed by atoms with Gasteiger partial charge in [-0.15, -0.1) is 14.1 Å². The van der Waals surface area contributed by atoms with E-state index in [2.05, 4.69) is 9.37 Å². The van der Waals surface area contributed by atoms with Crippen LogP contribution in [-0.2, 0) is 9.37 Å². The topological polar surface area (TPSA) is 75.5 Å².